The minimum Gasteiger partial charge on any atom is -0.149 e. The van der Waals surface area contributed by atoms with Crippen molar-refractivity contribution >= 4 is 45.7 Å². The molecule has 2 aromatic rings. The van der Waals surface area contributed by atoms with Gasteiger partial charge in [0, 0.05) is 9.75 Å². The lowest BCUT2D eigenvalue weighted by molar-refractivity contribution is 1.93. The van der Waals surface area contributed by atoms with E-state index in [1.807, 2.05) is 22.7 Å². The Morgan fingerprint density at radius 1 is 0.688 bits per heavy atom. The molecule has 0 spiro atoms. The third-order valence-corrected chi connectivity index (χ3v) is 5.60. The molecule has 0 radical (unpaired) electrons. The summed E-state index contributed by atoms with van der Waals surface area (Å²) in [6.07, 6.45) is 0. The van der Waals surface area contributed by atoms with Crippen molar-refractivity contribution in [1.82, 2.24) is 0 Å². The van der Waals surface area contributed by atoms with Crippen molar-refractivity contribution in [3.63, 3.8) is 0 Å². The Kier molecular flexibility index (Phi) is 3.60. The summed E-state index contributed by atoms with van der Waals surface area (Å²) in [4.78, 5) is 2.83. The first kappa shape index (κ1) is 12.0. The van der Waals surface area contributed by atoms with E-state index in [2.05, 4.69) is 51.6 Å². The predicted octanol–water partition coefficient (Wildman–Crippen LogP) is 3.40. The molecule has 0 nitrogen and oxygen atoms in total. The summed E-state index contributed by atoms with van der Waals surface area (Å²) in [6.45, 7) is 10.3. The van der Waals surface area contributed by atoms with E-state index in [1.54, 1.807) is 0 Å². The number of thiophene rings is 2. The van der Waals surface area contributed by atoms with Crippen molar-refractivity contribution in [1.29, 1.82) is 0 Å². The molecule has 0 saturated heterocycles. The van der Waals surface area contributed by atoms with E-state index < -0.39 is 0 Å². The lowest BCUT2D eigenvalue weighted by atomic mass is 9.54. The van der Waals surface area contributed by atoms with Crippen LogP contribution in [0.25, 0.3) is 9.75 Å². The monoisotopic (exact) mass is 246 g/mol. The summed E-state index contributed by atoms with van der Waals surface area (Å²) in [7, 11) is 0. The molecule has 0 aromatic carbocycles. The Morgan fingerprint density at radius 2 is 1.06 bits per heavy atom. The van der Waals surface area contributed by atoms with Crippen LogP contribution in [0, 0.1) is 0 Å². The number of hydrogen-bond acceptors (Lipinski definition) is 2. The molecule has 0 fully saturated rings. The summed E-state index contributed by atoms with van der Waals surface area (Å²) in [5.74, 6) is 0. The smallest absolute Gasteiger partial charge is 0.149 e. The van der Waals surface area contributed by atoms with Crippen molar-refractivity contribution in [3.8, 4) is 9.75 Å². The van der Waals surface area contributed by atoms with Crippen LogP contribution in [-0.4, -0.2) is 13.4 Å². The van der Waals surface area contributed by atoms with Gasteiger partial charge < -0.3 is 0 Å². The first-order valence-electron chi connectivity index (χ1n) is 5.77. The van der Waals surface area contributed by atoms with Gasteiger partial charge in [-0.05, 0) is 21.7 Å². The third-order valence-electron chi connectivity index (χ3n) is 2.63. The van der Waals surface area contributed by atoms with Gasteiger partial charge >= 0.3 is 0 Å². The maximum Gasteiger partial charge on any atom is 0.182 e. The van der Waals surface area contributed by atoms with Gasteiger partial charge in [-0.25, -0.2) is 0 Å². The Balaban J connectivity index is 2.28. The summed E-state index contributed by atoms with van der Waals surface area (Å²) >= 11 is 3.86. The lowest BCUT2D eigenvalue weighted by Gasteiger charge is -1.95. The summed E-state index contributed by atoms with van der Waals surface area (Å²) in [5.41, 5.74) is 0. The SMILES string of the molecule is CB(C)c1ccc(-c2ccc(B(C)C)s2)s1. The lowest BCUT2D eigenvalue weighted by Crippen LogP contribution is -2.17. The highest BCUT2D eigenvalue weighted by Crippen LogP contribution is 2.27. The molecule has 0 atom stereocenters. The Morgan fingerprint density at radius 3 is 1.31 bits per heavy atom. The van der Waals surface area contributed by atoms with Crippen LogP contribution in [0.15, 0.2) is 24.3 Å². The second-order valence-corrected chi connectivity index (χ2v) is 6.94. The Hall–Kier alpha value is -0.470. The maximum atomic E-state index is 2.26. The van der Waals surface area contributed by atoms with Crippen LogP contribution in [-0.2, 0) is 0 Å². The molecule has 0 aliphatic heterocycles. The summed E-state index contributed by atoms with van der Waals surface area (Å²) < 4.78 is 2.96. The van der Waals surface area contributed by atoms with Crippen LogP contribution in [0.1, 0.15) is 0 Å². The van der Waals surface area contributed by atoms with Crippen LogP contribution in [0.4, 0.5) is 0 Å². The van der Waals surface area contributed by atoms with Crippen molar-refractivity contribution < 1.29 is 0 Å². The van der Waals surface area contributed by atoms with Crippen LogP contribution < -0.4 is 9.55 Å². The molecule has 0 bridgehead atoms. The standard InChI is InChI=1S/C12H16B2S2/c1-13(2)11-7-5-9(15-11)10-6-8-12(16-10)14(3)4/h5-8H,1-4H3. The zero-order chi connectivity index (χ0) is 11.7. The minimum atomic E-state index is 0.642. The van der Waals surface area contributed by atoms with E-state index in [-0.39, 0.29) is 0 Å². The van der Waals surface area contributed by atoms with E-state index in [9.17, 15) is 0 Å². The zero-order valence-electron chi connectivity index (χ0n) is 10.3. The molecule has 2 rings (SSSR count). The van der Waals surface area contributed by atoms with Gasteiger partial charge in [0.25, 0.3) is 0 Å². The largest absolute Gasteiger partial charge is 0.182 e. The van der Waals surface area contributed by atoms with Gasteiger partial charge in [0.05, 0.1) is 0 Å². The fraction of sp³-hybridized carbons (Fsp3) is 0.333. The number of hydrogen-bond donors (Lipinski definition) is 0. The molecule has 0 unspecified atom stereocenters. The molecule has 0 saturated carbocycles. The predicted molar refractivity (Wildman–Crippen MR) is 81.9 cm³/mol. The summed E-state index contributed by atoms with van der Waals surface area (Å²) in [6, 6.07) is 9.05. The normalized spacial score (nSPS) is 10.5. The molecule has 4 heteroatoms. The molecule has 16 heavy (non-hydrogen) atoms. The minimum absolute atomic E-state index is 0.642. The van der Waals surface area contributed by atoms with Gasteiger partial charge in [-0.3, -0.25) is 0 Å². The average Bonchev–Trinajstić information content (AvgIpc) is 2.86. The molecule has 0 aliphatic rings. The fourth-order valence-electron chi connectivity index (χ4n) is 1.59. The molecular formula is C12H16B2S2. The van der Waals surface area contributed by atoms with Crippen LogP contribution in [0.2, 0.25) is 27.3 Å². The van der Waals surface area contributed by atoms with Crippen LogP contribution in [0.5, 0.6) is 0 Å². The summed E-state index contributed by atoms with van der Waals surface area (Å²) in [5, 5.41) is 0. The Bertz CT molecular complexity index is 425. The second-order valence-electron chi connectivity index (χ2n) is 4.71. The highest BCUT2D eigenvalue weighted by atomic mass is 32.1. The topological polar surface area (TPSA) is 0 Å². The molecular weight excluding hydrogens is 230 g/mol. The number of rotatable bonds is 3. The quantitative estimate of drug-likeness (QED) is 0.728. The van der Waals surface area contributed by atoms with Gasteiger partial charge in [-0.15, -0.1) is 22.7 Å². The molecule has 82 valence electrons. The van der Waals surface area contributed by atoms with Gasteiger partial charge in [0.2, 0.25) is 0 Å². The molecule has 0 aliphatic carbocycles. The van der Waals surface area contributed by atoms with E-state index in [0.29, 0.717) is 13.4 Å². The van der Waals surface area contributed by atoms with Gasteiger partial charge in [0.15, 0.2) is 13.4 Å². The highest BCUT2D eigenvalue weighted by Gasteiger charge is 2.11. The molecule has 2 aromatic heterocycles. The van der Waals surface area contributed by atoms with E-state index in [1.165, 1.54) is 19.3 Å². The first-order chi connectivity index (χ1) is 7.58. The second kappa shape index (κ2) is 4.80. The fourth-order valence-corrected chi connectivity index (χ4v) is 3.70. The van der Waals surface area contributed by atoms with Crippen molar-refractivity contribution in [3.05, 3.63) is 24.3 Å². The van der Waals surface area contributed by atoms with Crippen molar-refractivity contribution in [2.75, 3.05) is 0 Å². The van der Waals surface area contributed by atoms with E-state index in [0.717, 1.165) is 0 Å². The molecule has 0 amide bonds. The van der Waals surface area contributed by atoms with E-state index >= 15 is 0 Å². The zero-order valence-corrected chi connectivity index (χ0v) is 11.9. The van der Waals surface area contributed by atoms with E-state index in [4.69, 9.17) is 0 Å². The first-order valence-corrected chi connectivity index (χ1v) is 7.41. The average molecular weight is 246 g/mol. The van der Waals surface area contributed by atoms with Gasteiger partial charge in [0.1, 0.15) is 0 Å². The van der Waals surface area contributed by atoms with Crippen LogP contribution >= 0.6 is 22.7 Å². The van der Waals surface area contributed by atoms with Crippen molar-refractivity contribution in [2.24, 2.45) is 0 Å². The molecule has 2 heterocycles. The van der Waals surface area contributed by atoms with Gasteiger partial charge in [-0.1, -0.05) is 39.4 Å². The maximum absolute atomic E-state index is 2.26. The van der Waals surface area contributed by atoms with Crippen LogP contribution in [0.3, 0.4) is 0 Å². The molecule has 0 N–H and O–H groups in total. The van der Waals surface area contributed by atoms with Gasteiger partial charge in [-0.2, -0.15) is 0 Å². The Labute approximate surface area is 107 Å². The third kappa shape index (κ3) is 2.44. The highest BCUT2D eigenvalue weighted by molar-refractivity contribution is 7.31. The van der Waals surface area contributed by atoms with Crippen molar-refractivity contribution in [2.45, 2.75) is 27.3 Å².